The van der Waals surface area contributed by atoms with E-state index in [2.05, 4.69) is 49.6 Å². The van der Waals surface area contributed by atoms with Crippen molar-refractivity contribution in [2.24, 2.45) is 0 Å². The van der Waals surface area contributed by atoms with Crippen molar-refractivity contribution in [1.29, 1.82) is 0 Å². The van der Waals surface area contributed by atoms with Crippen molar-refractivity contribution in [3.05, 3.63) is 22.1 Å². The first-order valence-corrected chi connectivity index (χ1v) is 8.86. The molecule has 6 nitrogen and oxygen atoms in total. The fourth-order valence-electron chi connectivity index (χ4n) is 3.28. The van der Waals surface area contributed by atoms with Crippen LogP contribution in [0.3, 0.4) is 0 Å². The molecule has 23 heavy (non-hydrogen) atoms. The number of hydrogen-bond donors (Lipinski definition) is 0. The molecule has 0 N–H and O–H groups in total. The second-order valence-electron chi connectivity index (χ2n) is 7.39. The van der Waals surface area contributed by atoms with Crippen molar-refractivity contribution in [3.8, 4) is 0 Å². The smallest absolute Gasteiger partial charge is 0.275 e. The lowest BCUT2D eigenvalue weighted by atomic mass is 9.99. The third-order valence-corrected chi connectivity index (χ3v) is 4.73. The largest absolute Gasteiger partial charge is 0.366 e. The van der Waals surface area contributed by atoms with Crippen LogP contribution in [0, 0.1) is 0 Å². The minimum atomic E-state index is -0.259. The zero-order valence-electron chi connectivity index (χ0n) is 14.4. The van der Waals surface area contributed by atoms with Crippen LogP contribution in [0.15, 0.2) is 10.9 Å². The van der Waals surface area contributed by atoms with Crippen LogP contribution >= 0.6 is 11.3 Å². The summed E-state index contributed by atoms with van der Waals surface area (Å²) in [6, 6.07) is 1.59. The maximum atomic E-state index is 12.2. The van der Waals surface area contributed by atoms with E-state index in [0.717, 1.165) is 36.8 Å². The molecule has 126 valence electrons. The normalized spacial score (nSPS) is 20.1. The Labute approximate surface area is 140 Å². The van der Waals surface area contributed by atoms with Gasteiger partial charge in [0.05, 0.1) is 11.2 Å². The van der Waals surface area contributed by atoms with E-state index in [1.807, 2.05) is 0 Å². The summed E-state index contributed by atoms with van der Waals surface area (Å²) in [4.78, 5) is 19.7. The van der Waals surface area contributed by atoms with Crippen molar-refractivity contribution in [2.75, 3.05) is 18.0 Å². The molecule has 0 saturated carbocycles. The van der Waals surface area contributed by atoms with Crippen molar-refractivity contribution >= 4 is 21.4 Å². The highest BCUT2D eigenvalue weighted by atomic mass is 32.1. The van der Waals surface area contributed by atoms with Crippen LogP contribution in [0.25, 0.3) is 4.96 Å². The first-order valence-electron chi connectivity index (χ1n) is 8.04. The standard InChI is InChI=1S/C16H24N4O2S/c1-6-7-11-8-12(21)20-13(17-11)23-14(18-20)19-9-15(2,3)22-16(4,5)10-19/h8H,6-7,9-10H2,1-5H3. The van der Waals surface area contributed by atoms with Crippen LogP contribution in [0.5, 0.6) is 0 Å². The molecule has 1 fully saturated rings. The zero-order valence-corrected chi connectivity index (χ0v) is 15.2. The predicted molar refractivity (Wildman–Crippen MR) is 92.6 cm³/mol. The Bertz CT molecular complexity index is 762. The molecule has 1 saturated heterocycles. The van der Waals surface area contributed by atoms with Crippen molar-refractivity contribution < 1.29 is 4.74 Å². The lowest BCUT2D eigenvalue weighted by Crippen LogP contribution is -2.57. The van der Waals surface area contributed by atoms with E-state index in [0.29, 0.717) is 4.96 Å². The number of aromatic nitrogens is 3. The Balaban J connectivity index is 2.00. The summed E-state index contributed by atoms with van der Waals surface area (Å²) >= 11 is 1.47. The molecule has 0 unspecified atom stereocenters. The fourth-order valence-corrected chi connectivity index (χ4v) is 4.21. The topological polar surface area (TPSA) is 59.7 Å². The number of hydrogen-bond acceptors (Lipinski definition) is 6. The van der Waals surface area contributed by atoms with Crippen LogP contribution in [-0.2, 0) is 11.2 Å². The number of ether oxygens (including phenoxy) is 1. The van der Waals surface area contributed by atoms with Gasteiger partial charge in [-0.1, -0.05) is 24.7 Å². The first-order chi connectivity index (χ1) is 10.7. The van der Waals surface area contributed by atoms with E-state index in [-0.39, 0.29) is 16.8 Å². The Morgan fingerprint density at radius 2 is 1.91 bits per heavy atom. The molecular weight excluding hydrogens is 312 g/mol. The van der Waals surface area contributed by atoms with Gasteiger partial charge in [-0.25, -0.2) is 4.98 Å². The monoisotopic (exact) mass is 336 g/mol. The molecule has 0 spiro atoms. The van der Waals surface area contributed by atoms with Gasteiger partial charge in [0.15, 0.2) is 0 Å². The van der Waals surface area contributed by atoms with E-state index in [1.54, 1.807) is 6.07 Å². The molecule has 0 atom stereocenters. The fraction of sp³-hybridized carbons (Fsp3) is 0.688. The van der Waals surface area contributed by atoms with Crippen LogP contribution < -0.4 is 10.5 Å². The van der Waals surface area contributed by atoms with Crippen molar-refractivity contribution in [3.63, 3.8) is 0 Å². The van der Waals surface area contributed by atoms with E-state index in [4.69, 9.17) is 4.74 Å². The van der Waals surface area contributed by atoms with E-state index >= 15 is 0 Å². The van der Waals surface area contributed by atoms with Crippen LogP contribution in [-0.4, -0.2) is 38.9 Å². The highest BCUT2D eigenvalue weighted by Crippen LogP contribution is 2.33. The van der Waals surface area contributed by atoms with Gasteiger partial charge in [-0.15, -0.1) is 5.10 Å². The predicted octanol–water partition coefficient (Wildman–Crippen LogP) is 2.50. The highest BCUT2D eigenvalue weighted by Gasteiger charge is 2.39. The van der Waals surface area contributed by atoms with Gasteiger partial charge >= 0.3 is 0 Å². The minimum Gasteiger partial charge on any atom is -0.366 e. The van der Waals surface area contributed by atoms with Gasteiger partial charge in [0.1, 0.15) is 0 Å². The van der Waals surface area contributed by atoms with Gasteiger partial charge in [-0.2, -0.15) is 4.52 Å². The molecule has 0 aliphatic carbocycles. The maximum Gasteiger partial charge on any atom is 0.275 e. The number of fused-ring (bicyclic) bond motifs is 1. The second kappa shape index (κ2) is 5.56. The summed E-state index contributed by atoms with van der Waals surface area (Å²) < 4.78 is 7.52. The molecule has 1 aliphatic heterocycles. The molecule has 1 aliphatic rings. The third kappa shape index (κ3) is 3.40. The average Bonchev–Trinajstić information content (AvgIpc) is 2.80. The van der Waals surface area contributed by atoms with Gasteiger partial charge in [-0.05, 0) is 34.1 Å². The summed E-state index contributed by atoms with van der Waals surface area (Å²) in [5.74, 6) is 0. The van der Waals surface area contributed by atoms with Gasteiger partial charge < -0.3 is 9.64 Å². The first kappa shape index (κ1) is 16.4. The zero-order chi connectivity index (χ0) is 16.8. The Morgan fingerprint density at radius 3 is 2.52 bits per heavy atom. The lowest BCUT2D eigenvalue weighted by Gasteiger charge is -2.46. The van der Waals surface area contributed by atoms with Crippen molar-refractivity contribution in [1.82, 2.24) is 14.6 Å². The molecule has 0 amide bonds. The summed E-state index contributed by atoms with van der Waals surface area (Å²) in [5, 5.41) is 5.33. The van der Waals surface area contributed by atoms with Crippen LogP contribution in [0.1, 0.15) is 46.7 Å². The molecule has 0 bridgehead atoms. The number of nitrogens with zero attached hydrogens (tertiary/aromatic N) is 4. The lowest BCUT2D eigenvalue weighted by molar-refractivity contribution is -0.133. The third-order valence-electron chi connectivity index (χ3n) is 3.76. The second-order valence-corrected chi connectivity index (χ2v) is 8.33. The summed E-state index contributed by atoms with van der Waals surface area (Å²) in [6.45, 7) is 11.9. The molecule has 3 rings (SSSR count). The van der Waals surface area contributed by atoms with Gasteiger partial charge in [0.25, 0.3) is 5.56 Å². The number of rotatable bonds is 3. The van der Waals surface area contributed by atoms with Crippen LogP contribution in [0.4, 0.5) is 5.13 Å². The molecular formula is C16H24N4O2S. The molecule has 0 aromatic carbocycles. The molecule has 7 heteroatoms. The van der Waals surface area contributed by atoms with Gasteiger partial charge in [0, 0.05) is 24.8 Å². The Kier molecular flexibility index (Phi) is 3.96. The molecule has 2 aromatic rings. The van der Waals surface area contributed by atoms with E-state index in [1.165, 1.54) is 15.9 Å². The number of aryl methyl sites for hydroxylation is 1. The SMILES string of the molecule is CCCc1cc(=O)n2nc(N3CC(C)(C)OC(C)(C)C3)sc2n1. The molecule has 3 heterocycles. The molecule has 0 radical (unpaired) electrons. The maximum absolute atomic E-state index is 12.2. The minimum absolute atomic E-state index is 0.104. The van der Waals surface area contributed by atoms with E-state index < -0.39 is 0 Å². The molecule has 2 aromatic heterocycles. The Hall–Kier alpha value is -1.47. The number of morpholine rings is 1. The van der Waals surface area contributed by atoms with E-state index in [9.17, 15) is 4.79 Å². The van der Waals surface area contributed by atoms with Crippen molar-refractivity contribution in [2.45, 2.75) is 58.7 Å². The van der Waals surface area contributed by atoms with Gasteiger partial charge in [0.2, 0.25) is 10.1 Å². The van der Waals surface area contributed by atoms with Gasteiger partial charge in [-0.3, -0.25) is 4.79 Å². The summed E-state index contributed by atoms with van der Waals surface area (Å²) in [7, 11) is 0. The Morgan fingerprint density at radius 1 is 1.26 bits per heavy atom. The summed E-state index contributed by atoms with van der Waals surface area (Å²) in [5.41, 5.74) is 0.222. The highest BCUT2D eigenvalue weighted by molar-refractivity contribution is 7.20. The number of anilines is 1. The van der Waals surface area contributed by atoms with Crippen LogP contribution in [0.2, 0.25) is 0 Å². The quantitative estimate of drug-likeness (QED) is 0.862. The average molecular weight is 336 g/mol. The summed E-state index contributed by atoms with van der Waals surface area (Å²) in [6.07, 6.45) is 1.79.